The van der Waals surface area contributed by atoms with Crippen molar-refractivity contribution in [3.63, 3.8) is 0 Å². The first-order valence-corrected chi connectivity index (χ1v) is 12.1. The molecular weight excluding hydrogens is 438 g/mol. The molecule has 0 atom stereocenters. The molecule has 0 aliphatic rings. The van der Waals surface area contributed by atoms with Gasteiger partial charge in [0.15, 0.2) is 0 Å². The number of aromatic amines is 2. The lowest BCUT2D eigenvalue weighted by Crippen LogP contribution is -2.14. The van der Waals surface area contributed by atoms with Gasteiger partial charge in [-0.1, -0.05) is 50.2 Å². The van der Waals surface area contributed by atoms with E-state index in [1.165, 1.54) is 0 Å². The second-order valence-electron chi connectivity index (χ2n) is 8.54. The highest BCUT2D eigenvalue weighted by molar-refractivity contribution is 6.01. The second-order valence-corrected chi connectivity index (χ2v) is 8.54. The van der Waals surface area contributed by atoms with Crippen LogP contribution in [0.5, 0.6) is 0 Å². The number of nitrogens with zero attached hydrogens (tertiary/aromatic N) is 2. The Morgan fingerprint density at radius 1 is 0.800 bits per heavy atom. The summed E-state index contributed by atoms with van der Waals surface area (Å²) in [6, 6.07) is 13.8. The highest BCUT2D eigenvalue weighted by atomic mass is 16.1. The van der Waals surface area contributed by atoms with Crippen molar-refractivity contribution in [3.05, 3.63) is 72.1 Å². The number of imidazole rings is 2. The molecule has 0 fully saturated rings. The van der Waals surface area contributed by atoms with Crippen LogP contribution in [0, 0.1) is 0 Å². The van der Waals surface area contributed by atoms with Crippen LogP contribution in [-0.2, 0) is 13.1 Å². The average molecular weight is 472 g/mol. The molecule has 2 aromatic carbocycles. The SMILES string of the molecule is CCCNCc1ncc(-c2ccc(-c3ccc(-c4cnc(CNCCC)[nH]4)cc3C(N)=O)cc2)[nH]1. The fourth-order valence-electron chi connectivity index (χ4n) is 3.96. The van der Waals surface area contributed by atoms with Gasteiger partial charge in [-0.3, -0.25) is 4.79 Å². The smallest absolute Gasteiger partial charge is 0.249 e. The van der Waals surface area contributed by atoms with Crippen LogP contribution in [0.15, 0.2) is 54.9 Å². The number of hydrogen-bond donors (Lipinski definition) is 5. The standard InChI is InChI=1S/C27H33N7O/c1-3-11-29-16-25-31-14-23(33-25)19-7-5-18(6-8-19)21-10-9-20(13-22(21)27(28)35)24-15-32-26(34-24)17-30-12-4-2/h5-10,13-15,29-30H,3-4,11-12,16-17H2,1-2H3,(H2,28,35)(H,31,33)(H,32,34). The molecule has 2 aromatic heterocycles. The van der Waals surface area contributed by atoms with Gasteiger partial charge < -0.3 is 26.3 Å². The predicted octanol–water partition coefficient (Wildman–Crippen LogP) is 4.23. The number of primary amides is 1. The number of carbonyl (C=O) groups is 1. The maximum atomic E-state index is 12.3. The van der Waals surface area contributed by atoms with Crippen LogP contribution in [0.4, 0.5) is 0 Å². The minimum absolute atomic E-state index is 0.465. The number of nitrogens with one attached hydrogen (secondary N) is 4. The van der Waals surface area contributed by atoms with Gasteiger partial charge in [-0.05, 0) is 48.7 Å². The largest absolute Gasteiger partial charge is 0.366 e. The fraction of sp³-hybridized carbons (Fsp3) is 0.296. The van der Waals surface area contributed by atoms with Crippen LogP contribution < -0.4 is 16.4 Å². The van der Waals surface area contributed by atoms with Gasteiger partial charge in [0.25, 0.3) is 0 Å². The first kappa shape index (κ1) is 24.4. The van der Waals surface area contributed by atoms with Crippen molar-refractivity contribution in [3.8, 4) is 33.6 Å². The van der Waals surface area contributed by atoms with Gasteiger partial charge in [-0.2, -0.15) is 0 Å². The molecule has 0 aliphatic heterocycles. The van der Waals surface area contributed by atoms with Crippen molar-refractivity contribution in [2.24, 2.45) is 5.73 Å². The Hall–Kier alpha value is -3.75. The molecule has 0 bridgehead atoms. The van der Waals surface area contributed by atoms with Gasteiger partial charge in [0.05, 0.1) is 36.9 Å². The highest BCUT2D eigenvalue weighted by Crippen LogP contribution is 2.30. The maximum Gasteiger partial charge on any atom is 0.249 e. The zero-order valence-electron chi connectivity index (χ0n) is 20.3. The summed E-state index contributed by atoms with van der Waals surface area (Å²) in [6.45, 7) is 7.55. The lowest BCUT2D eigenvalue weighted by molar-refractivity contribution is 0.100. The highest BCUT2D eigenvalue weighted by Gasteiger charge is 2.14. The van der Waals surface area contributed by atoms with Crippen LogP contribution in [0.25, 0.3) is 33.6 Å². The van der Waals surface area contributed by atoms with Crippen LogP contribution in [0.1, 0.15) is 48.7 Å². The van der Waals surface area contributed by atoms with Gasteiger partial charge in [-0.15, -0.1) is 0 Å². The van der Waals surface area contributed by atoms with Gasteiger partial charge >= 0.3 is 0 Å². The number of nitrogens with two attached hydrogens (primary N) is 1. The molecule has 6 N–H and O–H groups in total. The summed E-state index contributed by atoms with van der Waals surface area (Å²) >= 11 is 0. The lowest BCUT2D eigenvalue weighted by Gasteiger charge is -2.10. The molecule has 0 unspecified atom stereocenters. The predicted molar refractivity (Wildman–Crippen MR) is 140 cm³/mol. The Morgan fingerprint density at radius 2 is 1.31 bits per heavy atom. The molecule has 0 saturated carbocycles. The number of benzene rings is 2. The minimum Gasteiger partial charge on any atom is -0.366 e. The monoisotopic (exact) mass is 471 g/mol. The number of rotatable bonds is 12. The zero-order valence-corrected chi connectivity index (χ0v) is 20.3. The van der Waals surface area contributed by atoms with E-state index in [9.17, 15) is 4.79 Å². The topological polar surface area (TPSA) is 125 Å². The molecule has 35 heavy (non-hydrogen) atoms. The minimum atomic E-state index is -0.465. The van der Waals surface area contributed by atoms with E-state index in [0.29, 0.717) is 18.7 Å². The van der Waals surface area contributed by atoms with Crippen LogP contribution in [0.2, 0.25) is 0 Å². The molecule has 0 saturated heterocycles. The van der Waals surface area contributed by atoms with Crippen LogP contribution in [0.3, 0.4) is 0 Å². The summed E-state index contributed by atoms with van der Waals surface area (Å²) in [5, 5.41) is 6.67. The van der Waals surface area contributed by atoms with Gasteiger partial charge in [0.1, 0.15) is 11.6 Å². The van der Waals surface area contributed by atoms with E-state index < -0.39 is 5.91 Å². The Bertz CT molecular complexity index is 1260. The number of H-pyrrole nitrogens is 2. The average Bonchev–Trinajstić information content (AvgIpc) is 3.54. The molecule has 0 aliphatic carbocycles. The van der Waals surface area contributed by atoms with Gasteiger partial charge in [0.2, 0.25) is 5.91 Å². The van der Waals surface area contributed by atoms with Gasteiger partial charge in [0, 0.05) is 11.1 Å². The third-order valence-electron chi connectivity index (χ3n) is 5.80. The van der Waals surface area contributed by atoms with Crippen molar-refractivity contribution in [1.82, 2.24) is 30.6 Å². The second kappa shape index (κ2) is 11.6. The molecule has 1 amide bonds. The third-order valence-corrected chi connectivity index (χ3v) is 5.80. The molecule has 4 rings (SSSR count). The van der Waals surface area contributed by atoms with E-state index in [4.69, 9.17) is 5.73 Å². The number of hydrogen-bond acceptors (Lipinski definition) is 5. The summed E-state index contributed by atoms with van der Waals surface area (Å²) in [5.41, 5.74) is 11.7. The number of carbonyl (C=O) groups excluding carboxylic acids is 1. The summed E-state index contributed by atoms with van der Waals surface area (Å²) in [4.78, 5) is 27.9. The quantitative estimate of drug-likeness (QED) is 0.198. The fourth-order valence-corrected chi connectivity index (χ4v) is 3.96. The first-order valence-electron chi connectivity index (χ1n) is 12.1. The van der Waals surface area contributed by atoms with E-state index in [1.54, 1.807) is 6.20 Å². The summed E-state index contributed by atoms with van der Waals surface area (Å²) in [5.74, 6) is 1.30. The first-order chi connectivity index (χ1) is 17.1. The van der Waals surface area contributed by atoms with E-state index >= 15 is 0 Å². The Kier molecular flexibility index (Phi) is 8.07. The molecule has 4 aromatic rings. The Balaban J connectivity index is 1.53. The van der Waals surface area contributed by atoms with E-state index in [0.717, 1.165) is 71.2 Å². The summed E-state index contributed by atoms with van der Waals surface area (Å²) < 4.78 is 0. The van der Waals surface area contributed by atoms with Crippen molar-refractivity contribution in [1.29, 1.82) is 0 Å². The molecule has 2 heterocycles. The normalized spacial score (nSPS) is 11.1. The molecular formula is C27H33N7O. The number of amides is 1. The third kappa shape index (κ3) is 6.03. The van der Waals surface area contributed by atoms with Crippen molar-refractivity contribution in [2.75, 3.05) is 13.1 Å². The Morgan fingerprint density at radius 3 is 1.86 bits per heavy atom. The zero-order chi connectivity index (χ0) is 24.6. The summed E-state index contributed by atoms with van der Waals surface area (Å²) in [7, 11) is 0. The summed E-state index contributed by atoms with van der Waals surface area (Å²) in [6.07, 6.45) is 5.78. The van der Waals surface area contributed by atoms with Crippen molar-refractivity contribution >= 4 is 5.91 Å². The van der Waals surface area contributed by atoms with E-state index in [2.05, 4.69) is 44.4 Å². The molecule has 0 spiro atoms. The molecule has 0 radical (unpaired) electrons. The Labute approximate surface area is 205 Å². The van der Waals surface area contributed by atoms with Crippen molar-refractivity contribution in [2.45, 2.75) is 39.8 Å². The van der Waals surface area contributed by atoms with Crippen LogP contribution >= 0.6 is 0 Å². The van der Waals surface area contributed by atoms with Crippen LogP contribution in [-0.4, -0.2) is 38.9 Å². The molecule has 8 nitrogen and oxygen atoms in total. The van der Waals surface area contributed by atoms with E-state index in [-0.39, 0.29) is 0 Å². The van der Waals surface area contributed by atoms with Crippen molar-refractivity contribution < 1.29 is 4.79 Å². The number of aromatic nitrogens is 4. The maximum absolute atomic E-state index is 12.3. The van der Waals surface area contributed by atoms with E-state index in [1.807, 2.05) is 48.7 Å². The molecule has 8 heteroatoms. The molecule has 182 valence electrons. The van der Waals surface area contributed by atoms with Gasteiger partial charge in [-0.25, -0.2) is 9.97 Å². The lowest BCUT2D eigenvalue weighted by atomic mass is 9.95.